The molecule has 326 valence electrons. The Bertz CT molecular complexity index is 1970. The molecule has 4 atom stereocenters. The highest BCUT2D eigenvalue weighted by atomic mass is 32.1. The van der Waals surface area contributed by atoms with Crippen LogP contribution in [0.1, 0.15) is 82.5 Å². The van der Waals surface area contributed by atoms with Crippen LogP contribution in [0.25, 0.3) is 10.4 Å². The fourth-order valence-electron chi connectivity index (χ4n) is 7.12. The molecular formula is C43H61N9O7S. The van der Waals surface area contributed by atoms with Gasteiger partial charge in [0.15, 0.2) is 0 Å². The van der Waals surface area contributed by atoms with Gasteiger partial charge in [-0.25, -0.2) is 14.8 Å². The molecule has 0 radical (unpaired) electrons. The molecule has 0 saturated carbocycles. The summed E-state index contributed by atoms with van der Waals surface area (Å²) in [7, 11) is 1.73. The second-order valence-electron chi connectivity index (χ2n) is 17.7. The Kier molecular flexibility index (Phi) is 14.9. The quantitative estimate of drug-likeness (QED) is 0.197. The van der Waals surface area contributed by atoms with Crippen LogP contribution in [0, 0.1) is 12.3 Å². The number of amides is 5. The van der Waals surface area contributed by atoms with E-state index in [9.17, 15) is 29.1 Å². The van der Waals surface area contributed by atoms with Crippen molar-refractivity contribution < 1.29 is 33.8 Å². The van der Waals surface area contributed by atoms with E-state index >= 15 is 0 Å². The maximum absolute atomic E-state index is 14.1. The molecule has 1 unspecified atom stereocenters. The first kappa shape index (κ1) is 45.9. The maximum Gasteiger partial charge on any atom is 0.410 e. The number of likely N-dealkylation sites (tertiary alicyclic amines) is 1. The summed E-state index contributed by atoms with van der Waals surface area (Å²) >= 11 is 1.56. The number of hydrogen-bond acceptors (Lipinski definition) is 12. The number of anilines is 1. The molecule has 2 fully saturated rings. The molecule has 1 aromatic carbocycles. The summed E-state index contributed by atoms with van der Waals surface area (Å²) in [4.78, 5) is 83.5. The van der Waals surface area contributed by atoms with Crippen molar-refractivity contribution in [2.24, 2.45) is 5.41 Å². The number of thiazole rings is 1. The highest BCUT2D eigenvalue weighted by Crippen LogP contribution is 2.30. The molecule has 60 heavy (non-hydrogen) atoms. The lowest BCUT2D eigenvalue weighted by Gasteiger charge is -2.36. The van der Waals surface area contributed by atoms with Crippen LogP contribution in [0.15, 0.2) is 48.1 Å². The van der Waals surface area contributed by atoms with Gasteiger partial charge in [-0.05, 0) is 63.3 Å². The van der Waals surface area contributed by atoms with Gasteiger partial charge in [0.2, 0.25) is 17.7 Å². The maximum atomic E-state index is 14.1. The molecule has 4 heterocycles. The number of ether oxygens (including phenoxy) is 1. The van der Waals surface area contributed by atoms with Crippen LogP contribution in [0.3, 0.4) is 0 Å². The van der Waals surface area contributed by atoms with Crippen LogP contribution in [0.5, 0.6) is 0 Å². The SMILES string of the molecule is Cc1ncsc1-c1ccc([C@H](C)NC(=O)[C@@H]2C[C@@H](O)CN2C(=O)C(NC(=O)CNC(=O)c2ccc(N3CCN(CCN(C)C(=O)OC(C)(C)C)CC3)nc2)C(C)(C)C)cc1. The molecule has 2 saturated heterocycles. The number of benzene rings is 1. The van der Waals surface area contributed by atoms with Gasteiger partial charge in [-0.3, -0.25) is 24.1 Å². The number of hydrogen-bond donors (Lipinski definition) is 4. The number of aryl methyl sites for hydroxylation is 1. The Morgan fingerprint density at radius 3 is 2.23 bits per heavy atom. The van der Waals surface area contributed by atoms with Crippen molar-refractivity contribution >= 4 is 46.9 Å². The van der Waals surface area contributed by atoms with Crippen molar-refractivity contribution in [3.8, 4) is 10.4 Å². The predicted octanol–water partition coefficient (Wildman–Crippen LogP) is 3.60. The van der Waals surface area contributed by atoms with E-state index < -0.39 is 59.4 Å². The first-order valence-corrected chi connectivity index (χ1v) is 21.3. The summed E-state index contributed by atoms with van der Waals surface area (Å²) in [6, 6.07) is 8.95. The van der Waals surface area contributed by atoms with Crippen LogP contribution >= 0.6 is 11.3 Å². The predicted molar refractivity (Wildman–Crippen MR) is 230 cm³/mol. The van der Waals surface area contributed by atoms with Gasteiger partial charge in [0.25, 0.3) is 5.91 Å². The molecule has 2 aliphatic rings. The van der Waals surface area contributed by atoms with Crippen LogP contribution in [-0.2, 0) is 19.1 Å². The molecule has 17 heteroatoms. The standard InChI is InChI=1S/C43H61N9O7S/c1-27(29-10-12-30(13-11-29)36-28(2)46-26-60-36)47-39(56)33-22-32(53)25-52(33)40(57)37(42(3,4)5)48-35(54)24-45-38(55)31-14-15-34(44-23-31)51-20-18-50(19-21-51)17-16-49(9)41(58)59-43(6,7)8/h10-15,23,26-27,32-33,37,53H,16-22,24-25H2,1-9H3,(H,45,55)(H,47,56)(H,48,54)/t27-,32+,33-,37?/m0/s1. The monoisotopic (exact) mass is 847 g/mol. The smallest absolute Gasteiger partial charge is 0.410 e. The number of nitrogens with one attached hydrogen (secondary N) is 3. The lowest BCUT2D eigenvalue weighted by Crippen LogP contribution is -2.58. The zero-order valence-electron chi connectivity index (χ0n) is 36.3. The summed E-state index contributed by atoms with van der Waals surface area (Å²) in [6.07, 6.45) is 0.274. The van der Waals surface area contributed by atoms with Gasteiger partial charge in [0.05, 0.1) is 40.3 Å². The van der Waals surface area contributed by atoms with Crippen molar-refractivity contribution in [1.29, 1.82) is 0 Å². The Balaban J connectivity index is 1.10. The summed E-state index contributed by atoms with van der Waals surface area (Å²) in [5, 5.41) is 19.0. The number of likely N-dealkylation sites (N-methyl/N-ethyl adjacent to an activating group) is 1. The highest BCUT2D eigenvalue weighted by Gasteiger charge is 2.44. The van der Waals surface area contributed by atoms with Gasteiger partial charge in [-0.2, -0.15) is 0 Å². The summed E-state index contributed by atoms with van der Waals surface area (Å²) in [6.45, 7) is 18.6. The average Bonchev–Trinajstić information content (AvgIpc) is 3.82. The molecule has 0 spiro atoms. The van der Waals surface area contributed by atoms with E-state index in [-0.39, 0.29) is 30.7 Å². The normalized spacial score (nSPS) is 18.4. The zero-order chi connectivity index (χ0) is 43.9. The fourth-order valence-corrected chi connectivity index (χ4v) is 7.93. The van der Waals surface area contributed by atoms with Crippen molar-refractivity contribution in [2.75, 3.05) is 64.3 Å². The van der Waals surface area contributed by atoms with E-state index in [2.05, 4.69) is 35.7 Å². The number of pyridine rings is 1. The molecule has 2 aliphatic heterocycles. The van der Waals surface area contributed by atoms with Gasteiger partial charge in [-0.1, -0.05) is 45.0 Å². The average molecular weight is 848 g/mol. The van der Waals surface area contributed by atoms with Crippen LogP contribution < -0.4 is 20.9 Å². The number of aliphatic hydroxyl groups excluding tert-OH is 1. The number of piperazine rings is 1. The number of carbonyl (C=O) groups is 5. The molecule has 5 amide bonds. The van der Waals surface area contributed by atoms with E-state index in [0.717, 1.165) is 60.2 Å². The number of nitrogens with zero attached hydrogens (tertiary/aromatic N) is 6. The third-order valence-corrected chi connectivity index (χ3v) is 11.6. The largest absolute Gasteiger partial charge is 0.444 e. The third kappa shape index (κ3) is 12.2. The van der Waals surface area contributed by atoms with E-state index in [1.165, 1.54) is 11.1 Å². The summed E-state index contributed by atoms with van der Waals surface area (Å²) in [5.74, 6) is -1.25. The molecule has 16 nitrogen and oxygen atoms in total. The Labute approximate surface area is 357 Å². The Morgan fingerprint density at radius 2 is 1.65 bits per heavy atom. The lowest BCUT2D eigenvalue weighted by molar-refractivity contribution is -0.144. The van der Waals surface area contributed by atoms with Crippen LogP contribution in [-0.4, -0.2) is 143 Å². The van der Waals surface area contributed by atoms with Crippen molar-refractivity contribution in [3.05, 3.63) is 64.9 Å². The van der Waals surface area contributed by atoms with E-state index in [4.69, 9.17) is 4.74 Å². The molecule has 0 bridgehead atoms. The number of β-amino-alcohol motifs (C(OH)–C–C–N with tert-alkyl or cyclic N) is 1. The Hall–Kier alpha value is -5.13. The Morgan fingerprint density at radius 1 is 0.967 bits per heavy atom. The minimum atomic E-state index is -1.05. The number of rotatable bonds is 13. The topological polar surface area (TPSA) is 190 Å². The molecule has 5 rings (SSSR count). The van der Waals surface area contributed by atoms with Gasteiger partial charge in [0, 0.05) is 65.5 Å². The van der Waals surface area contributed by atoms with Gasteiger partial charge in [-0.15, -0.1) is 11.3 Å². The number of aromatic nitrogens is 2. The highest BCUT2D eigenvalue weighted by molar-refractivity contribution is 7.13. The molecule has 0 aliphatic carbocycles. The summed E-state index contributed by atoms with van der Waals surface area (Å²) < 4.78 is 5.43. The molecule has 4 N–H and O–H groups in total. The lowest BCUT2D eigenvalue weighted by atomic mass is 9.85. The van der Waals surface area contributed by atoms with Crippen molar-refractivity contribution in [3.63, 3.8) is 0 Å². The van der Waals surface area contributed by atoms with Crippen LogP contribution in [0.4, 0.5) is 10.6 Å². The first-order chi connectivity index (χ1) is 28.2. The van der Waals surface area contributed by atoms with Crippen molar-refractivity contribution in [2.45, 2.75) is 91.6 Å². The second kappa shape index (κ2) is 19.5. The molecule has 2 aromatic heterocycles. The fraction of sp³-hybridized carbons (Fsp3) is 0.558. The number of aliphatic hydroxyl groups is 1. The van der Waals surface area contributed by atoms with Crippen molar-refractivity contribution in [1.82, 2.24) is 40.6 Å². The third-order valence-electron chi connectivity index (χ3n) is 10.6. The van der Waals surface area contributed by atoms with Gasteiger partial charge in [0.1, 0.15) is 23.5 Å². The van der Waals surface area contributed by atoms with Gasteiger partial charge >= 0.3 is 6.09 Å². The number of carbonyl (C=O) groups excluding carboxylic acids is 5. The minimum Gasteiger partial charge on any atom is -0.444 e. The summed E-state index contributed by atoms with van der Waals surface area (Å²) in [5.41, 5.74) is 3.65. The van der Waals surface area contributed by atoms with E-state index in [0.29, 0.717) is 6.54 Å². The second-order valence-corrected chi connectivity index (χ2v) is 18.6. The zero-order valence-corrected chi connectivity index (χ0v) is 37.1. The first-order valence-electron chi connectivity index (χ1n) is 20.4. The van der Waals surface area contributed by atoms with E-state index in [1.54, 1.807) is 56.2 Å². The van der Waals surface area contributed by atoms with E-state index in [1.807, 2.05) is 64.4 Å². The molecular weight excluding hydrogens is 787 g/mol. The van der Waals surface area contributed by atoms with Crippen LogP contribution in [0.2, 0.25) is 0 Å². The van der Waals surface area contributed by atoms with Gasteiger partial charge < -0.3 is 40.5 Å². The molecule has 3 aromatic rings. The minimum absolute atomic E-state index is 0.0560.